The fourth-order valence-corrected chi connectivity index (χ4v) is 1.99. The Morgan fingerprint density at radius 2 is 1.86 bits per heavy atom. The third-order valence-corrected chi connectivity index (χ3v) is 3.29. The Morgan fingerprint density at radius 3 is 2.48 bits per heavy atom. The summed E-state index contributed by atoms with van der Waals surface area (Å²) in [6.07, 6.45) is 0. The van der Waals surface area contributed by atoms with E-state index in [1.54, 1.807) is 24.3 Å². The molecule has 0 spiro atoms. The van der Waals surface area contributed by atoms with E-state index >= 15 is 0 Å². The number of nitrogens with one attached hydrogen (secondary N) is 1. The summed E-state index contributed by atoms with van der Waals surface area (Å²) in [6.45, 7) is 0. The van der Waals surface area contributed by atoms with Gasteiger partial charge in [0.2, 0.25) is 5.82 Å². The van der Waals surface area contributed by atoms with Crippen molar-refractivity contribution in [3.63, 3.8) is 0 Å². The number of hydrogen-bond acceptors (Lipinski definition) is 3. The molecule has 5 nitrogen and oxygen atoms in total. The van der Waals surface area contributed by atoms with Crippen molar-refractivity contribution >= 4 is 33.2 Å². The van der Waals surface area contributed by atoms with E-state index in [0.29, 0.717) is 22.3 Å². The highest BCUT2D eigenvalue weighted by molar-refractivity contribution is 9.10. The summed E-state index contributed by atoms with van der Waals surface area (Å²) in [7, 11) is 0. The van der Waals surface area contributed by atoms with Crippen LogP contribution in [0.25, 0.3) is 0 Å². The summed E-state index contributed by atoms with van der Waals surface area (Å²) in [5, 5.41) is 12.9. The number of nitrogens with zero attached hydrogens (tertiary/aromatic N) is 1. The first kappa shape index (κ1) is 15.0. The fraction of sp³-hybridized carbons (Fsp3) is 0. The molecule has 0 saturated carbocycles. The van der Waals surface area contributed by atoms with Crippen LogP contribution in [0.15, 0.2) is 40.9 Å². The van der Waals surface area contributed by atoms with Crippen LogP contribution in [-0.4, -0.2) is 10.8 Å². The maximum absolute atomic E-state index is 13.7. The van der Waals surface area contributed by atoms with Gasteiger partial charge in [-0.1, -0.05) is 12.1 Å². The first-order chi connectivity index (χ1) is 9.90. The molecule has 1 amide bonds. The van der Waals surface area contributed by atoms with E-state index in [4.69, 9.17) is 0 Å². The van der Waals surface area contributed by atoms with Crippen molar-refractivity contribution in [1.82, 2.24) is 0 Å². The minimum atomic E-state index is -1.28. The van der Waals surface area contributed by atoms with Crippen LogP contribution in [0.1, 0.15) is 10.4 Å². The molecule has 2 aromatic carbocycles. The Morgan fingerprint density at radius 1 is 1.19 bits per heavy atom. The van der Waals surface area contributed by atoms with Crippen LogP contribution in [0, 0.1) is 21.7 Å². The molecule has 21 heavy (non-hydrogen) atoms. The molecule has 0 aliphatic rings. The van der Waals surface area contributed by atoms with Gasteiger partial charge in [-0.05, 0) is 34.1 Å². The van der Waals surface area contributed by atoms with Crippen molar-refractivity contribution in [2.45, 2.75) is 0 Å². The number of carbonyl (C=O) groups excluding carboxylic acids is 1. The molecule has 0 fully saturated rings. The van der Waals surface area contributed by atoms with Crippen molar-refractivity contribution in [2.75, 3.05) is 5.32 Å². The lowest BCUT2D eigenvalue weighted by atomic mass is 10.1. The molecule has 2 rings (SSSR count). The van der Waals surface area contributed by atoms with Gasteiger partial charge < -0.3 is 5.32 Å². The maximum atomic E-state index is 13.7. The minimum absolute atomic E-state index is 0.362. The second-order valence-electron chi connectivity index (χ2n) is 3.97. The van der Waals surface area contributed by atoms with Crippen LogP contribution in [0.5, 0.6) is 0 Å². The van der Waals surface area contributed by atoms with Crippen molar-refractivity contribution in [1.29, 1.82) is 0 Å². The number of carbonyl (C=O) groups is 1. The first-order valence-corrected chi connectivity index (χ1v) is 6.38. The van der Waals surface area contributed by atoms with E-state index in [0.717, 1.165) is 0 Å². The summed E-state index contributed by atoms with van der Waals surface area (Å²) in [4.78, 5) is 21.3. The number of amides is 1. The number of nitro groups is 1. The lowest BCUT2D eigenvalue weighted by Crippen LogP contribution is -2.15. The number of para-hydroxylation sites is 1. The van der Waals surface area contributed by atoms with E-state index in [2.05, 4.69) is 21.2 Å². The Hall–Kier alpha value is -2.35. The SMILES string of the molecule is O=C(Nc1ccccc1Br)c1cc(F)c([N+](=O)[O-])cc1F. The number of anilines is 1. The molecule has 0 bridgehead atoms. The van der Waals surface area contributed by atoms with Gasteiger partial charge >= 0.3 is 5.69 Å². The molecule has 0 radical (unpaired) electrons. The molecule has 0 aliphatic carbocycles. The topological polar surface area (TPSA) is 72.2 Å². The number of hydrogen-bond donors (Lipinski definition) is 1. The van der Waals surface area contributed by atoms with Crippen molar-refractivity contribution in [2.24, 2.45) is 0 Å². The maximum Gasteiger partial charge on any atom is 0.307 e. The van der Waals surface area contributed by atoms with E-state index in [1.165, 1.54) is 0 Å². The van der Waals surface area contributed by atoms with Crippen LogP contribution >= 0.6 is 15.9 Å². The van der Waals surface area contributed by atoms with Gasteiger partial charge in [0.1, 0.15) is 5.82 Å². The molecule has 108 valence electrons. The van der Waals surface area contributed by atoms with Crippen molar-refractivity contribution < 1.29 is 18.5 Å². The summed E-state index contributed by atoms with van der Waals surface area (Å²) in [5.74, 6) is -3.36. The molecule has 0 heterocycles. The van der Waals surface area contributed by atoms with E-state index in [9.17, 15) is 23.7 Å². The van der Waals surface area contributed by atoms with Gasteiger partial charge in [-0.15, -0.1) is 0 Å². The second kappa shape index (κ2) is 5.96. The van der Waals surface area contributed by atoms with Gasteiger partial charge in [-0.2, -0.15) is 4.39 Å². The summed E-state index contributed by atoms with van der Waals surface area (Å²) < 4.78 is 27.7. The molecule has 0 saturated heterocycles. The highest BCUT2D eigenvalue weighted by Crippen LogP contribution is 2.25. The Labute approximate surface area is 125 Å². The summed E-state index contributed by atoms with van der Waals surface area (Å²) in [6, 6.07) is 7.45. The zero-order chi connectivity index (χ0) is 15.6. The third-order valence-electron chi connectivity index (χ3n) is 2.60. The van der Waals surface area contributed by atoms with Gasteiger partial charge in [0, 0.05) is 4.47 Å². The number of rotatable bonds is 3. The van der Waals surface area contributed by atoms with Crippen LogP contribution in [0.2, 0.25) is 0 Å². The Balaban J connectivity index is 2.34. The van der Waals surface area contributed by atoms with Gasteiger partial charge in [0.25, 0.3) is 5.91 Å². The number of benzene rings is 2. The smallest absolute Gasteiger partial charge is 0.307 e. The largest absolute Gasteiger partial charge is 0.321 e. The minimum Gasteiger partial charge on any atom is -0.321 e. The number of halogens is 3. The lowest BCUT2D eigenvalue weighted by Gasteiger charge is -2.08. The monoisotopic (exact) mass is 356 g/mol. The predicted molar refractivity (Wildman–Crippen MR) is 75.1 cm³/mol. The van der Waals surface area contributed by atoms with Gasteiger partial charge in [0.05, 0.1) is 22.2 Å². The zero-order valence-corrected chi connectivity index (χ0v) is 11.9. The van der Waals surface area contributed by atoms with Crippen LogP contribution in [0.4, 0.5) is 20.2 Å². The van der Waals surface area contributed by atoms with E-state index in [1.807, 2.05) is 0 Å². The van der Waals surface area contributed by atoms with Crippen LogP contribution in [-0.2, 0) is 0 Å². The van der Waals surface area contributed by atoms with Gasteiger partial charge in [0.15, 0.2) is 0 Å². The molecule has 0 aliphatic heterocycles. The normalized spacial score (nSPS) is 10.2. The molecule has 8 heteroatoms. The zero-order valence-electron chi connectivity index (χ0n) is 10.3. The highest BCUT2D eigenvalue weighted by Gasteiger charge is 2.22. The quantitative estimate of drug-likeness (QED) is 0.669. The Kier molecular flexibility index (Phi) is 4.27. The van der Waals surface area contributed by atoms with Gasteiger partial charge in [-0.3, -0.25) is 14.9 Å². The summed E-state index contributed by atoms with van der Waals surface area (Å²) in [5.41, 5.74) is -1.28. The molecule has 2 aromatic rings. The van der Waals surface area contributed by atoms with Crippen molar-refractivity contribution in [3.05, 3.63) is 68.2 Å². The first-order valence-electron chi connectivity index (χ1n) is 5.59. The third kappa shape index (κ3) is 3.22. The molecular formula is C13H7BrF2N2O3. The van der Waals surface area contributed by atoms with E-state index < -0.39 is 33.7 Å². The molecule has 0 aromatic heterocycles. The van der Waals surface area contributed by atoms with E-state index in [-0.39, 0.29) is 0 Å². The van der Waals surface area contributed by atoms with Crippen LogP contribution in [0.3, 0.4) is 0 Å². The predicted octanol–water partition coefficient (Wildman–Crippen LogP) is 3.89. The molecule has 0 atom stereocenters. The lowest BCUT2D eigenvalue weighted by molar-refractivity contribution is -0.387. The Bertz CT molecular complexity index is 737. The molecule has 1 N–H and O–H groups in total. The highest BCUT2D eigenvalue weighted by atomic mass is 79.9. The fourth-order valence-electron chi connectivity index (χ4n) is 1.60. The molecule has 0 unspecified atom stereocenters. The standard InChI is InChI=1S/C13H7BrF2N2O3/c14-8-3-1-2-4-11(8)17-13(19)7-5-10(16)12(18(20)21)6-9(7)15/h1-6H,(H,17,19). The molecular weight excluding hydrogens is 350 g/mol. The average Bonchev–Trinajstić information content (AvgIpc) is 2.43. The average molecular weight is 357 g/mol. The number of nitro benzene ring substituents is 1. The second-order valence-corrected chi connectivity index (χ2v) is 4.83. The van der Waals surface area contributed by atoms with Crippen molar-refractivity contribution in [3.8, 4) is 0 Å². The van der Waals surface area contributed by atoms with Gasteiger partial charge in [-0.25, -0.2) is 4.39 Å². The summed E-state index contributed by atoms with van der Waals surface area (Å²) >= 11 is 3.19. The van der Waals surface area contributed by atoms with Crippen LogP contribution < -0.4 is 5.32 Å².